The zero-order valence-electron chi connectivity index (χ0n) is 13.0. The monoisotopic (exact) mass is 372 g/mol. The number of nitrogens with zero attached hydrogens (tertiary/aromatic N) is 2. The standard InChI is InChI=1S/C18H16N2OS3/c21-17(20-8-6-16-14(10-20)7-9-22-16)12-24-18-19-15(11-23-18)13-4-2-1-3-5-13/h1-5,7,9,11H,6,8,10,12H2. The van der Waals surface area contributed by atoms with Gasteiger partial charge in [0.1, 0.15) is 0 Å². The maximum absolute atomic E-state index is 12.5. The van der Waals surface area contributed by atoms with E-state index < -0.39 is 0 Å². The SMILES string of the molecule is O=C(CSc1nc(-c2ccccc2)cs1)N1CCc2sccc2C1. The van der Waals surface area contributed by atoms with Crippen molar-refractivity contribution in [3.63, 3.8) is 0 Å². The molecule has 1 aromatic carbocycles. The van der Waals surface area contributed by atoms with Crippen molar-refractivity contribution in [3.8, 4) is 11.3 Å². The molecule has 0 radical (unpaired) electrons. The van der Waals surface area contributed by atoms with Crippen molar-refractivity contribution in [3.05, 3.63) is 57.6 Å². The van der Waals surface area contributed by atoms with E-state index in [1.807, 2.05) is 23.1 Å². The molecule has 0 saturated carbocycles. The first-order valence-corrected chi connectivity index (χ1v) is 10.5. The maximum atomic E-state index is 12.5. The quantitative estimate of drug-likeness (QED) is 0.630. The number of thiophene rings is 1. The molecule has 4 rings (SSSR count). The van der Waals surface area contributed by atoms with Crippen LogP contribution < -0.4 is 0 Å². The van der Waals surface area contributed by atoms with E-state index in [1.165, 1.54) is 22.2 Å². The highest BCUT2D eigenvalue weighted by Gasteiger charge is 2.21. The average molecular weight is 373 g/mol. The van der Waals surface area contributed by atoms with Gasteiger partial charge in [0.15, 0.2) is 4.34 Å². The van der Waals surface area contributed by atoms with Crippen LogP contribution in [0.4, 0.5) is 0 Å². The molecule has 24 heavy (non-hydrogen) atoms. The van der Waals surface area contributed by atoms with Crippen LogP contribution in [0.2, 0.25) is 0 Å². The number of rotatable bonds is 4. The van der Waals surface area contributed by atoms with E-state index in [2.05, 4.69) is 33.9 Å². The van der Waals surface area contributed by atoms with Gasteiger partial charge in [-0.05, 0) is 23.4 Å². The zero-order valence-corrected chi connectivity index (χ0v) is 15.4. The third kappa shape index (κ3) is 3.41. The Morgan fingerprint density at radius 2 is 2.08 bits per heavy atom. The molecule has 0 atom stereocenters. The van der Waals surface area contributed by atoms with E-state index in [0.717, 1.165) is 35.1 Å². The zero-order chi connectivity index (χ0) is 16.4. The van der Waals surface area contributed by atoms with Crippen molar-refractivity contribution in [1.82, 2.24) is 9.88 Å². The van der Waals surface area contributed by atoms with E-state index in [0.29, 0.717) is 5.75 Å². The molecule has 1 amide bonds. The lowest BCUT2D eigenvalue weighted by molar-refractivity contribution is -0.129. The molecule has 0 aliphatic carbocycles. The fourth-order valence-electron chi connectivity index (χ4n) is 2.74. The molecule has 0 spiro atoms. The van der Waals surface area contributed by atoms with Crippen LogP contribution in [0.15, 0.2) is 51.5 Å². The molecule has 0 N–H and O–H groups in total. The highest BCUT2D eigenvalue weighted by atomic mass is 32.2. The summed E-state index contributed by atoms with van der Waals surface area (Å²) in [5.74, 6) is 0.662. The van der Waals surface area contributed by atoms with Gasteiger partial charge in [-0.15, -0.1) is 22.7 Å². The van der Waals surface area contributed by atoms with Gasteiger partial charge in [0, 0.05) is 28.9 Å². The minimum Gasteiger partial charge on any atom is -0.337 e. The minimum atomic E-state index is 0.202. The van der Waals surface area contributed by atoms with Gasteiger partial charge in [0.25, 0.3) is 0 Å². The molecular formula is C18H16N2OS3. The second-order valence-corrected chi connectivity index (χ2v) is 8.67. The Morgan fingerprint density at radius 1 is 1.21 bits per heavy atom. The number of hydrogen-bond acceptors (Lipinski definition) is 5. The Kier molecular flexibility index (Phi) is 4.69. The Morgan fingerprint density at radius 3 is 2.96 bits per heavy atom. The van der Waals surface area contributed by atoms with Crippen molar-refractivity contribution in [2.45, 2.75) is 17.3 Å². The summed E-state index contributed by atoms with van der Waals surface area (Å²) in [4.78, 5) is 20.5. The Bertz CT molecular complexity index is 841. The van der Waals surface area contributed by atoms with E-state index in [9.17, 15) is 4.79 Å². The average Bonchev–Trinajstić information content (AvgIpc) is 3.29. The summed E-state index contributed by atoms with van der Waals surface area (Å²) in [7, 11) is 0. The number of benzene rings is 1. The number of thioether (sulfide) groups is 1. The molecule has 0 fully saturated rings. The topological polar surface area (TPSA) is 33.2 Å². The maximum Gasteiger partial charge on any atom is 0.233 e. The van der Waals surface area contributed by atoms with Gasteiger partial charge in [0.05, 0.1) is 11.4 Å². The molecular weight excluding hydrogens is 356 g/mol. The van der Waals surface area contributed by atoms with E-state index in [-0.39, 0.29) is 5.91 Å². The summed E-state index contributed by atoms with van der Waals surface area (Å²) in [6.07, 6.45) is 0.985. The lowest BCUT2D eigenvalue weighted by Gasteiger charge is -2.26. The van der Waals surface area contributed by atoms with Gasteiger partial charge in [0.2, 0.25) is 5.91 Å². The van der Waals surface area contributed by atoms with Crippen LogP contribution in [0.3, 0.4) is 0 Å². The smallest absolute Gasteiger partial charge is 0.233 e. The summed E-state index contributed by atoms with van der Waals surface area (Å²) in [5.41, 5.74) is 3.41. The first-order valence-electron chi connectivity index (χ1n) is 7.76. The van der Waals surface area contributed by atoms with Gasteiger partial charge < -0.3 is 4.90 Å². The van der Waals surface area contributed by atoms with Crippen molar-refractivity contribution in [2.75, 3.05) is 12.3 Å². The molecule has 0 saturated heterocycles. The van der Waals surface area contributed by atoms with Crippen LogP contribution in [-0.4, -0.2) is 28.1 Å². The lowest BCUT2D eigenvalue weighted by atomic mass is 10.1. The molecule has 1 aliphatic heterocycles. The largest absolute Gasteiger partial charge is 0.337 e. The van der Waals surface area contributed by atoms with Gasteiger partial charge in [-0.3, -0.25) is 4.79 Å². The lowest BCUT2D eigenvalue weighted by Crippen LogP contribution is -2.36. The second-order valence-electron chi connectivity index (χ2n) is 5.59. The van der Waals surface area contributed by atoms with E-state index in [4.69, 9.17) is 0 Å². The summed E-state index contributed by atoms with van der Waals surface area (Å²) >= 11 is 4.94. The van der Waals surface area contributed by atoms with Crippen molar-refractivity contribution < 1.29 is 4.79 Å². The summed E-state index contributed by atoms with van der Waals surface area (Å²) in [5, 5.41) is 4.18. The normalized spacial score (nSPS) is 13.8. The van der Waals surface area contributed by atoms with Crippen LogP contribution in [0, 0.1) is 0 Å². The third-order valence-corrected chi connectivity index (χ3v) is 7.06. The van der Waals surface area contributed by atoms with E-state index >= 15 is 0 Å². The first-order chi connectivity index (χ1) is 11.8. The number of carbonyl (C=O) groups excluding carboxylic acids is 1. The third-order valence-electron chi connectivity index (χ3n) is 4.03. The molecule has 0 bridgehead atoms. The minimum absolute atomic E-state index is 0.202. The molecule has 1 aliphatic rings. The molecule has 3 aromatic rings. The molecule has 3 heterocycles. The summed E-state index contributed by atoms with van der Waals surface area (Å²) < 4.78 is 0.954. The number of thiazole rings is 1. The molecule has 3 nitrogen and oxygen atoms in total. The van der Waals surface area contributed by atoms with Crippen LogP contribution in [0.5, 0.6) is 0 Å². The van der Waals surface area contributed by atoms with Crippen LogP contribution in [-0.2, 0) is 17.8 Å². The van der Waals surface area contributed by atoms with Crippen molar-refractivity contribution >= 4 is 40.3 Å². The van der Waals surface area contributed by atoms with Crippen LogP contribution in [0.25, 0.3) is 11.3 Å². The molecule has 122 valence electrons. The van der Waals surface area contributed by atoms with E-state index in [1.54, 1.807) is 22.7 Å². The Balaban J connectivity index is 1.36. The van der Waals surface area contributed by atoms with Gasteiger partial charge >= 0.3 is 0 Å². The fourth-order valence-corrected chi connectivity index (χ4v) is 5.37. The van der Waals surface area contributed by atoms with Crippen LogP contribution >= 0.6 is 34.4 Å². The molecule has 0 unspecified atom stereocenters. The molecule has 6 heteroatoms. The number of amides is 1. The predicted molar refractivity (Wildman–Crippen MR) is 102 cm³/mol. The summed E-state index contributed by atoms with van der Waals surface area (Å²) in [6, 6.07) is 12.3. The molecule has 2 aromatic heterocycles. The van der Waals surface area contributed by atoms with Gasteiger partial charge in [-0.1, -0.05) is 42.1 Å². The Hall–Kier alpha value is -1.63. The number of aromatic nitrogens is 1. The summed E-state index contributed by atoms with van der Waals surface area (Å²) in [6.45, 7) is 1.59. The number of fused-ring (bicyclic) bond motifs is 1. The highest BCUT2D eigenvalue weighted by Crippen LogP contribution is 2.29. The Labute approximate surface area is 153 Å². The second kappa shape index (κ2) is 7.09. The van der Waals surface area contributed by atoms with Crippen LogP contribution in [0.1, 0.15) is 10.4 Å². The van der Waals surface area contributed by atoms with Crippen molar-refractivity contribution in [2.24, 2.45) is 0 Å². The fraction of sp³-hybridized carbons (Fsp3) is 0.222. The first kappa shape index (κ1) is 15.9. The number of hydrogen-bond donors (Lipinski definition) is 0. The predicted octanol–water partition coefficient (Wildman–Crippen LogP) is 4.55. The van der Waals surface area contributed by atoms with Gasteiger partial charge in [-0.2, -0.15) is 0 Å². The number of carbonyl (C=O) groups is 1. The van der Waals surface area contributed by atoms with Gasteiger partial charge in [-0.25, -0.2) is 4.98 Å². The van der Waals surface area contributed by atoms with Crippen molar-refractivity contribution in [1.29, 1.82) is 0 Å². The highest BCUT2D eigenvalue weighted by molar-refractivity contribution is 8.01.